The quantitative estimate of drug-likeness (QED) is 0.869. The molecule has 114 valence electrons. The van der Waals surface area contributed by atoms with Crippen molar-refractivity contribution in [1.29, 1.82) is 0 Å². The van der Waals surface area contributed by atoms with E-state index < -0.39 is 0 Å². The predicted octanol–water partition coefficient (Wildman–Crippen LogP) is 3.18. The second kappa shape index (κ2) is 6.30. The van der Waals surface area contributed by atoms with Crippen LogP contribution in [0.2, 0.25) is 0 Å². The highest BCUT2D eigenvalue weighted by Crippen LogP contribution is 2.27. The van der Waals surface area contributed by atoms with Gasteiger partial charge in [-0.25, -0.2) is 4.98 Å². The highest BCUT2D eigenvalue weighted by molar-refractivity contribution is 7.09. The summed E-state index contributed by atoms with van der Waals surface area (Å²) in [5.74, 6) is 0.511. The lowest BCUT2D eigenvalue weighted by atomic mass is 10.1. The fourth-order valence-electron chi connectivity index (χ4n) is 2.79. The standard InChI is InChI=1S/C16H23N3OS/c1-12(2)16-17-13(11-21-16)9-19-7-8-20-10-15(19)14-5-4-6-18(14)3/h4-6,11-12,15H,7-10H2,1-3H3/t15-/m1/s1. The molecule has 1 aliphatic heterocycles. The summed E-state index contributed by atoms with van der Waals surface area (Å²) in [7, 11) is 2.10. The van der Waals surface area contributed by atoms with E-state index >= 15 is 0 Å². The molecule has 0 bridgehead atoms. The lowest BCUT2D eigenvalue weighted by Gasteiger charge is -2.35. The van der Waals surface area contributed by atoms with Crippen LogP contribution in [0, 0.1) is 0 Å². The minimum Gasteiger partial charge on any atom is -0.378 e. The maximum absolute atomic E-state index is 5.70. The molecule has 0 saturated carbocycles. The summed E-state index contributed by atoms with van der Waals surface area (Å²) in [5.41, 5.74) is 2.50. The van der Waals surface area contributed by atoms with Gasteiger partial charge in [0.15, 0.2) is 0 Å². The normalized spacial score (nSPS) is 20.3. The van der Waals surface area contributed by atoms with Crippen LogP contribution in [0.15, 0.2) is 23.7 Å². The Morgan fingerprint density at radius 2 is 2.33 bits per heavy atom. The second-order valence-corrected chi connectivity index (χ2v) is 6.83. The molecule has 0 aromatic carbocycles. The third kappa shape index (κ3) is 3.20. The van der Waals surface area contributed by atoms with Crippen LogP contribution in [-0.4, -0.2) is 34.2 Å². The van der Waals surface area contributed by atoms with Gasteiger partial charge >= 0.3 is 0 Å². The number of aryl methyl sites for hydroxylation is 1. The van der Waals surface area contributed by atoms with E-state index in [1.807, 2.05) is 0 Å². The molecule has 1 aliphatic rings. The van der Waals surface area contributed by atoms with Crippen LogP contribution in [0.5, 0.6) is 0 Å². The van der Waals surface area contributed by atoms with E-state index in [9.17, 15) is 0 Å². The molecule has 3 heterocycles. The number of morpholine rings is 1. The second-order valence-electron chi connectivity index (χ2n) is 5.94. The molecule has 1 fully saturated rings. The number of rotatable bonds is 4. The Kier molecular flexibility index (Phi) is 4.42. The zero-order chi connectivity index (χ0) is 14.8. The first-order valence-corrected chi connectivity index (χ1v) is 8.40. The number of aromatic nitrogens is 2. The Hall–Kier alpha value is -1.17. The molecule has 0 unspecified atom stereocenters. The van der Waals surface area contributed by atoms with Gasteiger partial charge in [0.2, 0.25) is 0 Å². The molecular formula is C16H23N3OS. The minimum absolute atomic E-state index is 0.322. The van der Waals surface area contributed by atoms with Crippen molar-refractivity contribution in [3.8, 4) is 0 Å². The van der Waals surface area contributed by atoms with Crippen LogP contribution < -0.4 is 0 Å². The van der Waals surface area contributed by atoms with Crippen molar-refractivity contribution in [3.63, 3.8) is 0 Å². The van der Waals surface area contributed by atoms with E-state index in [0.717, 1.165) is 26.3 Å². The Balaban J connectivity index is 1.76. The lowest BCUT2D eigenvalue weighted by molar-refractivity contribution is -0.0156. The van der Waals surface area contributed by atoms with Crippen molar-refractivity contribution in [3.05, 3.63) is 40.1 Å². The summed E-state index contributed by atoms with van der Waals surface area (Å²) in [4.78, 5) is 7.26. The number of hydrogen-bond acceptors (Lipinski definition) is 4. The third-order valence-corrected chi connectivity index (χ3v) is 5.19. The molecular weight excluding hydrogens is 282 g/mol. The van der Waals surface area contributed by atoms with Crippen LogP contribution in [0.4, 0.5) is 0 Å². The van der Waals surface area contributed by atoms with Crippen LogP contribution in [0.1, 0.15) is 42.2 Å². The summed E-state index contributed by atoms with van der Waals surface area (Å²) >= 11 is 1.77. The monoisotopic (exact) mass is 305 g/mol. The average molecular weight is 305 g/mol. The molecule has 3 rings (SSSR count). The molecule has 0 aliphatic carbocycles. The van der Waals surface area contributed by atoms with E-state index in [0.29, 0.717) is 12.0 Å². The fourth-order valence-corrected chi connectivity index (χ4v) is 3.61. The summed E-state index contributed by atoms with van der Waals surface area (Å²) < 4.78 is 7.89. The predicted molar refractivity (Wildman–Crippen MR) is 85.6 cm³/mol. The smallest absolute Gasteiger partial charge is 0.0954 e. The number of nitrogens with zero attached hydrogens (tertiary/aromatic N) is 3. The third-order valence-electron chi connectivity index (χ3n) is 3.99. The van der Waals surface area contributed by atoms with Crippen LogP contribution in [0.25, 0.3) is 0 Å². The first-order chi connectivity index (χ1) is 10.1. The van der Waals surface area contributed by atoms with E-state index in [4.69, 9.17) is 9.72 Å². The average Bonchev–Trinajstić information content (AvgIpc) is 3.09. The number of hydrogen-bond donors (Lipinski definition) is 0. The fraction of sp³-hybridized carbons (Fsp3) is 0.562. The largest absolute Gasteiger partial charge is 0.378 e. The van der Waals surface area contributed by atoms with E-state index in [1.165, 1.54) is 16.4 Å². The van der Waals surface area contributed by atoms with Gasteiger partial charge in [0.05, 0.1) is 30.0 Å². The SMILES string of the molecule is CC(C)c1nc(CN2CCOC[C@@H]2c2cccn2C)cs1. The molecule has 0 amide bonds. The molecule has 1 saturated heterocycles. The van der Waals surface area contributed by atoms with Crippen molar-refractivity contribution in [1.82, 2.24) is 14.5 Å². The van der Waals surface area contributed by atoms with Gasteiger partial charge in [-0.05, 0) is 12.1 Å². The van der Waals surface area contributed by atoms with Crippen molar-refractivity contribution >= 4 is 11.3 Å². The summed E-state index contributed by atoms with van der Waals surface area (Å²) in [5, 5.41) is 3.43. The topological polar surface area (TPSA) is 30.3 Å². The zero-order valence-corrected chi connectivity index (χ0v) is 13.8. The Bertz CT molecular complexity index is 590. The van der Waals surface area contributed by atoms with Gasteiger partial charge in [-0.3, -0.25) is 4.90 Å². The highest BCUT2D eigenvalue weighted by atomic mass is 32.1. The Labute approximate surface area is 130 Å². The van der Waals surface area contributed by atoms with Crippen molar-refractivity contribution in [2.75, 3.05) is 19.8 Å². The van der Waals surface area contributed by atoms with E-state index in [1.54, 1.807) is 11.3 Å². The Morgan fingerprint density at radius 1 is 1.48 bits per heavy atom. The number of thiazole rings is 1. The highest BCUT2D eigenvalue weighted by Gasteiger charge is 2.26. The first kappa shape index (κ1) is 14.8. The molecule has 1 atom stereocenters. The van der Waals surface area contributed by atoms with Gasteiger partial charge in [0, 0.05) is 43.3 Å². The van der Waals surface area contributed by atoms with Gasteiger partial charge in [0.25, 0.3) is 0 Å². The van der Waals surface area contributed by atoms with Crippen molar-refractivity contribution in [2.24, 2.45) is 7.05 Å². The van der Waals surface area contributed by atoms with Crippen LogP contribution >= 0.6 is 11.3 Å². The van der Waals surface area contributed by atoms with Gasteiger partial charge in [-0.15, -0.1) is 11.3 Å². The van der Waals surface area contributed by atoms with Crippen LogP contribution in [-0.2, 0) is 18.3 Å². The molecule has 4 nitrogen and oxygen atoms in total. The van der Waals surface area contributed by atoms with Gasteiger partial charge in [-0.2, -0.15) is 0 Å². The zero-order valence-electron chi connectivity index (χ0n) is 13.0. The lowest BCUT2D eigenvalue weighted by Crippen LogP contribution is -2.39. The molecule has 0 N–H and O–H groups in total. The van der Waals surface area contributed by atoms with Gasteiger partial charge in [-0.1, -0.05) is 13.8 Å². The van der Waals surface area contributed by atoms with E-state index in [2.05, 4.69) is 54.1 Å². The molecule has 21 heavy (non-hydrogen) atoms. The van der Waals surface area contributed by atoms with Gasteiger partial charge < -0.3 is 9.30 Å². The summed E-state index contributed by atoms with van der Waals surface area (Å²) in [6.45, 7) is 7.84. The minimum atomic E-state index is 0.322. The van der Waals surface area contributed by atoms with Crippen LogP contribution in [0.3, 0.4) is 0 Å². The Morgan fingerprint density at radius 3 is 3.00 bits per heavy atom. The first-order valence-electron chi connectivity index (χ1n) is 7.52. The molecule has 2 aromatic rings. The molecule has 0 radical (unpaired) electrons. The molecule has 2 aromatic heterocycles. The molecule has 5 heteroatoms. The van der Waals surface area contributed by atoms with Crippen molar-refractivity contribution < 1.29 is 4.74 Å². The van der Waals surface area contributed by atoms with Gasteiger partial charge in [0.1, 0.15) is 0 Å². The summed E-state index contributed by atoms with van der Waals surface area (Å²) in [6, 6.07) is 4.61. The molecule has 0 spiro atoms. The van der Waals surface area contributed by atoms with Crippen molar-refractivity contribution in [2.45, 2.75) is 32.4 Å². The maximum atomic E-state index is 5.70. The maximum Gasteiger partial charge on any atom is 0.0954 e. The number of ether oxygens (including phenoxy) is 1. The van der Waals surface area contributed by atoms with E-state index in [-0.39, 0.29) is 0 Å². The summed E-state index contributed by atoms with van der Waals surface area (Å²) in [6.07, 6.45) is 2.10.